The third-order valence-corrected chi connectivity index (χ3v) is 3.81. The predicted octanol–water partition coefficient (Wildman–Crippen LogP) is 3.67. The van der Waals surface area contributed by atoms with Crippen LogP contribution in [0.15, 0.2) is 26.6 Å². The van der Waals surface area contributed by atoms with Gasteiger partial charge in [-0.3, -0.25) is 0 Å². The molecule has 0 unspecified atom stereocenters. The SMILES string of the molecule is CCCNCc1cnoc1-c1ccc(Br)s1. The van der Waals surface area contributed by atoms with Gasteiger partial charge in [-0.2, -0.15) is 0 Å². The molecular formula is C11H13BrN2OS. The molecule has 0 aromatic carbocycles. The quantitative estimate of drug-likeness (QED) is 0.856. The molecule has 0 bridgehead atoms. The number of nitrogens with one attached hydrogen (secondary N) is 1. The summed E-state index contributed by atoms with van der Waals surface area (Å²) in [6.45, 7) is 3.97. The normalized spacial score (nSPS) is 10.9. The molecule has 0 aliphatic rings. The number of nitrogens with zero attached hydrogens (tertiary/aromatic N) is 1. The van der Waals surface area contributed by atoms with Gasteiger partial charge >= 0.3 is 0 Å². The molecule has 0 spiro atoms. The Kier molecular flexibility index (Phi) is 4.15. The first-order valence-corrected chi connectivity index (χ1v) is 6.82. The van der Waals surface area contributed by atoms with Gasteiger partial charge in [0.05, 0.1) is 14.9 Å². The number of aromatic nitrogens is 1. The minimum Gasteiger partial charge on any atom is -0.355 e. The maximum atomic E-state index is 5.29. The molecule has 3 nitrogen and oxygen atoms in total. The Balaban J connectivity index is 2.12. The molecule has 1 N–H and O–H groups in total. The summed E-state index contributed by atoms with van der Waals surface area (Å²) in [5, 5.41) is 7.21. The van der Waals surface area contributed by atoms with Crippen LogP contribution in [-0.2, 0) is 6.54 Å². The van der Waals surface area contributed by atoms with Gasteiger partial charge < -0.3 is 9.84 Å². The zero-order valence-corrected chi connectivity index (χ0v) is 11.4. The Morgan fingerprint density at radius 1 is 1.50 bits per heavy atom. The molecule has 0 amide bonds. The third-order valence-electron chi connectivity index (χ3n) is 2.18. The summed E-state index contributed by atoms with van der Waals surface area (Å²) in [6.07, 6.45) is 2.91. The Hall–Kier alpha value is -0.650. The van der Waals surface area contributed by atoms with E-state index >= 15 is 0 Å². The lowest BCUT2D eigenvalue weighted by atomic mass is 10.2. The van der Waals surface area contributed by atoms with Crippen LogP contribution in [0.4, 0.5) is 0 Å². The van der Waals surface area contributed by atoms with Crippen LogP contribution in [0.1, 0.15) is 18.9 Å². The van der Waals surface area contributed by atoms with E-state index < -0.39 is 0 Å². The molecule has 0 aliphatic heterocycles. The van der Waals surface area contributed by atoms with Crippen LogP contribution >= 0.6 is 27.3 Å². The Labute approximate surface area is 107 Å². The summed E-state index contributed by atoms with van der Waals surface area (Å²) < 4.78 is 6.40. The second-order valence-corrected chi connectivity index (χ2v) is 5.92. The molecule has 86 valence electrons. The van der Waals surface area contributed by atoms with Crippen LogP contribution in [0.2, 0.25) is 0 Å². The molecule has 0 saturated carbocycles. The van der Waals surface area contributed by atoms with E-state index in [0.717, 1.165) is 39.5 Å². The van der Waals surface area contributed by atoms with Crippen LogP contribution < -0.4 is 5.32 Å². The number of thiophene rings is 1. The van der Waals surface area contributed by atoms with Gasteiger partial charge in [-0.15, -0.1) is 11.3 Å². The second-order valence-electron chi connectivity index (χ2n) is 3.46. The molecule has 5 heteroatoms. The van der Waals surface area contributed by atoms with Crippen molar-refractivity contribution in [3.63, 3.8) is 0 Å². The van der Waals surface area contributed by atoms with E-state index in [1.807, 2.05) is 12.1 Å². The molecule has 0 atom stereocenters. The molecule has 2 aromatic rings. The minimum absolute atomic E-state index is 0.808. The van der Waals surface area contributed by atoms with E-state index in [2.05, 4.69) is 33.3 Å². The highest BCUT2D eigenvalue weighted by Crippen LogP contribution is 2.33. The number of hydrogen-bond donors (Lipinski definition) is 1. The van der Waals surface area contributed by atoms with Gasteiger partial charge in [-0.25, -0.2) is 0 Å². The Bertz CT molecular complexity index is 452. The van der Waals surface area contributed by atoms with E-state index in [1.54, 1.807) is 17.5 Å². The fourth-order valence-electron chi connectivity index (χ4n) is 1.43. The minimum atomic E-state index is 0.808. The summed E-state index contributed by atoms with van der Waals surface area (Å²) >= 11 is 5.10. The predicted molar refractivity (Wildman–Crippen MR) is 69.5 cm³/mol. The molecule has 0 radical (unpaired) electrons. The Morgan fingerprint density at radius 3 is 3.06 bits per heavy atom. The third kappa shape index (κ3) is 2.72. The zero-order valence-electron chi connectivity index (χ0n) is 9.00. The zero-order chi connectivity index (χ0) is 11.4. The highest BCUT2D eigenvalue weighted by molar-refractivity contribution is 9.11. The van der Waals surface area contributed by atoms with Gasteiger partial charge in [0.1, 0.15) is 0 Å². The van der Waals surface area contributed by atoms with Crippen molar-refractivity contribution in [3.05, 3.63) is 27.7 Å². The maximum Gasteiger partial charge on any atom is 0.181 e. The monoisotopic (exact) mass is 300 g/mol. The molecule has 2 rings (SSSR count). The lowest BCUT2D eigenvalue weighted by Crippen LogP contribution is -2.13. The van der Waals surface area contributed by atoms with Crippen LogP contribution in [-0.4, -0.2) is 11.7 Å². The molecule has 16 heavy (non-hydrogen) atoms. The van der Waals surface area contributed by atoms with E-state index in [0.29, 0.717) is 0 Å². The van der Waals surface area contributed by atoms with E-state index in [9.17, 15) is 0 Å². The van der Waals surface area contributed by atoms with Crippen molar-refractivity contribution >= 4 is 27.3 Å². The molecule has 0 saturated heterocycles. The molecule has 2 heterocycles. The van der Waals surface area contributed by atoms with Crippen LogP contribution in [0.25, 0.3) is 10.6 Å². The van der Waals surface area contributed by atoms with E-state index in [1.165, 1.54) is 0 Å². The summed E-state index contributed by atoms with van der Waals surface area (Å²) in [5.41, 5.74) is 1.11. The summed E-state index contributed by atoms with van der Waals surface area (Å²) in [7, 11) is 0. The van der Waals surface area contributed by atoms with E-state index in [4.69, 9.17) is 4.52 Å². The first kappa shape index (κ1) is 11.8. The fraction of sp³-hybridized carbons (Fsp3) is 0.364. The first-order valence-electron chi connectivity index (χ1n) is 5.21. The average Bonchev–Trinajstić information content (AvgIpc) is 2.87. The molecule has 2 aromatic heterocycles. The van der Waals surface area contributed by atoms with Gasteiger partial charge in [-0.1, -0.05) is 12.1 Å². The highest BCUT2D eigenvalue weighted by atomic mass is 79.9. The number of halogens is 1. The number of hydrogen-bond acceptors (Lipinski definition) is 4. The highest BCUT2D eigenvalue weighted by Gasteiger charge is 2.12. The lowest BCUT2D eigenvalue weighted by Gasteiger charge is -2.00. The fourth-order valence-corrected chi connectivity index (χ4v) is 2.82. The van der Waals surface area contributed by atoms with Crippen molar-refractivity contribution in [2.75, 3.05) is 6.54 Å². The van der Waals surface area contributed by atoms with Gasteiger partial charge in [0, 0.05) is 12.1 Å². The number of rotatable bonds is 5. The topological polar surface area (TPSA) is 38.1 Å². The van der Waals surface area contributed by atoms with Crippen molar-refractivity contribution in [1.82, 2.24) is 10.5 Å². The van der Waals surface area contributed by atoms with Gasteiger partial charge in [0.25, 0.3) is 0 Å². The van der Waals surface area contributed by atoms with Crippen molar-refractivity contribution < 1.29 is 4.52 Å². The molecular weight excluding hydrogens is 288 g/mol. The average molecular weight is 301 g/mol. The van der Waals surface area contributed by atoms with Crippen LogP contribution in [0.3, 0.4) is 0 Å². The van der Waals surface area contributed by atoms with Crippen molar-refractivity contribution in [2.45, 2.75) is 19.9 Å². The van der Waals surface area contributed by atoms with Crippen molar-refractivity contribution in [2.24, 2.45) is 0 Å². The smallest absolute Gasteiger partial charge is 0.181 e. The van der Waals surface area contributed by atoms with Crippen molar-refractivity contribution in [1.29, 1.82) is 0 Å². The largest absolute Gasteiger partial charge is 0.355 e. The van der Waals surface area contributed by atoms with E-state index in [-0.39, 0.29) is 0 Å². The Morgan fingerprint density at radius 2 is 2.38 bits per heavy atom. The van der Waals surface area contributed by atoms with Crippen molar-refractivity contribution in [3.8, 4) is 10.6 Å². The molecule has 0 fully saturated rings. The standard InChI is InChI=1S/C11H13BrN2OS/c1-2-5-13-6-8-7-14-15-11(8)9-3-4-10(12)16-9/h3-4,7,13H,2,5-6H2,1H3. The van der Waals surface area contributed by atoms with Crippen LogP contribution in [0.5, 0.6) is 0 Å². The van der Waals surface area contributed by atoms with Gasteiger partial charge in [-0.05, 0) is 41.0 Å². The van der Waals surface area contributed by atoms with Crippen LogP contribution in [0, 0.1) is 0 Å². The summed E-state index contributed by atoms with van der Waals surface area (Å²) in [5.74, 6) is 0.874. The summed E-state index contributed by atoms with van der Waals surface area (Å²) in [4.78, 5) is 1.11. The second kappa shape index (κ2) is 5.61. The molecule has 0 aliphatic carbocycles. The van der Waals surface area contributed by atoms with Gasteiger partial charge in [0.15, 0.2) is 5.76 Å². The maximum absolute atomic E-state index is 5.29. The van der Waals surface area contributed by atoms with Gasteiger partial charge in [0.2, 0.25) is 0 Å². The summed E-state index contributed by atoms with van der Waals surface area (Å²) in [6, 6.07) is 4.06. The first-order chi connectivity index (χ1) is 7.81. The lowest BCUT2D eigenvalue weighted by molar-refractivity contribution is 0.432.